The molecular formula is C21H20BrClN2O2. The minimum Gasteiger partial charge on any atom is -0.459 e. The SMILES string of the molecule is Clc1cc(Br)ccc1-c1ccc(CNc2ccc(N3CCOCC3)cc2)o1. The average Bonchev–Trinajstić information content (AvgIpc) is 3.16. The van der Waals surface area contributed by atoms with E-state index in [0.717, 1.165) is 53.5 Å². The zero-order valence-corrected chi connectivity index (χ0v) is 17.1. The molecule has 2 aromatic carbocycles. The van der Waals surface area contributed by atoms with E-state index in [4.69, 9.17) is 20.8 Å². The molecule has 0 atom stereocenters. The molecule has 1 N–H and O–H groups in total. The molecule has 2 heterocycles. The summed E-state index contributed by atoms with van der Waals surface area (Å²) in [5, 5.41) is 4.07. The Morgan fingerprint density at radius 1 is 1.00 bits per heavy atom. The Labute approximate surface area is 172 Å². The van der Waals surface area contributed by atoms with E-state index in [1.807, 2.05) is 30.3 Å². The third-order valence-electron chi connectivity index (χ3n) is 4.57. The van der Waals surface area contributed by atoms with Crippen LogP contribution in [0.15, 0.2) is 63.5 Å². The van der Waals surface area contributed by atoms with Gasteiger partial charge in [-0.25, -0.2) is 0 Å². The van der Waals surface area contributed by atoms with E-state index in [0.29, 0.717) is 11.6 Å². The summed E-state index contributed by atoms with van der Waals surface area (Å²) in [6.45, 7) is 4.10. The summed E-state index contributed by atoms with van der Waals surface area (Å²) in [5.74, 6) is 1.63. The largest absolute Gasteiger partial charge is 0.459 e. The highest BCUT2D eigenvalue weighted by molar-refractivity contribution is 9.10. The van der Waals surface area contributed by atoms with E-state index in [2.05, 4.69) is 50.4 Å². The van der Waals surface area contributed by atoms with E-state index in [9.17, 15) is 0 Å². The Morgan fingerprint density at radius 3 is 2.52 bits per heavy atom. The predicted octanol–water partition coefficient (Wildman–Crippen LogP) is 5.81. The summed E-state index contributed by atoms with van der Waals surface area (Å²) in [6.07, 6.45) is 0. The molecule has 0 amide bonds. The Kier molecular flexibility index (Phi) is 5.72. The first-order valence-corrected chi connectivity index (χ1v) is 10.1. The third-order valence-corrected chi connectivity index (χ3v) is 5.37. The molecular weight excluding hydrogens is 428 g/mol. The number of furan rings is 1. The van der Waals surface area contributed by atoms with Gasteiger partial charge < -0.3 is 19.4 Å². The van der Waals surface area contributed by atoms with Crippen molar-refractivity contribution in [2.75, 3.05) is 36.5 Å². The fourth-order valence-electron chi connectivity index (χ4n) is 3.11. The second-order valence-corrected chi connectivity index (χ2v) is 7.71. The highest BCUT2D eigenvalue weighted by atomic mass is 79.9. The number of hydrogen-bond acceptors (Lipinski definition) is 4. The van der Waals surface area contributed by atoms with Crippen LogP contribution in [0.5, 0.6) is 0 Å². The number of anilines is 2. The van der Waals surface area contributed by atoms with Crippen molar-refractivity contribution in [3.63, 3.8) is 0 Å². The van der Waals surface area contributed by atoms with Gasteiger partial charge in [-0.1, -0.05) is 27.5 Å². The maximum atomic E-state index is 6.31. The molecule has 1 aliphatic heterocycles. The summed E-state index contributed by atoms with van der Waals surface area (Å²) in [4.78, 5) is 2.34. The smallest absolute Gasteiger partial charge is 0.135 e. The van der Waals surface area contributed by atoms with Gasteiger partial charge in [-0.05, 0) is 54.6 Å². The van der Waals surface area contributed by atoms with Gasteiger partial charge in [0.1, 0.15) is 11.5 Å². The molecule has 4 rings (SSSR count). The van der Waals surface area contributed by atoms with E-state index in [-0.39, 0.29) is 0 Å². The molecule has 0 aliphatic carbocycles. The fraction of sp³-hybridized carbons (Fsp3) is 0.238. The lowest BCUT2D eigenvalue weighted by Gasteiger charge is -2.28. The van der Waals surface area contributed by atoms with Crippen LogP contribution in [0.1, 0.15) is 5.76 Å². The van der Waals surface area contributed by atoms with E-state index < -0.39 is 0 Å². The molecule has 1 aliphatic rings. The highest BCUT2D eigenvalue weighted by Gasteiger charge is 2.11. The quantitative estimate of drug-likeness (QED) is 0.535. The predicted molar refractivity (Wildman–Crippen MR) is 114 cm³/mol. The molecule has 0 saturated carbocycles. The molecule has 1 fully saturated rings. The maximum absolute atomic E-state index is 6.31. The van der Waals surface area contributed by atoms with Crippen LogP contribution < -0.4 is 10.2 Å². The fourth-order valence-corrected chi connectivity index (χ4v) is 3.87. The van der Waals surface area contributed by atoms with Crippen molar-refractivity contribution in [1.29, 1.82) is 0 Å². The normalized spacial score (nSPS) is 14.4. The Bertz CT molecular complexity index is 905. The molecule has 0 unspecified atom stereocenters. The van der Waals surface area contributed by atoms with Crippen molar-refractivity contribution < 1.29 is 9.15 Å². The zero-order chi connectivity index (χ0) is 18.6. The summed E-state index contributed by atoms with van der Waals surface area (Å²) in [5.41, 5.74) is 3.18. The van der Waals surface area contributed by atoms with Crippen LogP contribution in [0.4, 0.5) is 11.4 Å². The van der Waals surface area contributed by atoms with Crippen LogP contribution in [0.3, 0.4) is 0 Å². The van der Waals surface area contributed by atoms with Gasteiger partial charge in [-0.3, -0.25) is 0 Å². The average molecular weight is 448 g/mol. The Hall–Kier alpha value is -1.95. The van der Waals surface area contributed by atoms with Crippen molar-refractivity contribution in [2.24, 2.45) is 0 Å². The Morgan fingerprint density at radius 2 is 1.78 bits per heavy atom. The van der Waals surface area contributed by atoms with Gasteiger partial charge in [0.05, 0.1) is 24.8 Å². The standard InChI is InChI=1S/C21H20BrClN2O2/c22-15-1-7-19(20(23)13-15)21-8-6-18(27-21)14-24-16-2-4-17(5-3-16)25-9-11-26-12-10-25/h1-8,13,24H,9-12,14H2. The molecule has 3 aromatic rings. The summed E-state index contributed by atoms with van der Waals surface area (Å²) in [6, 6.07) is 18.2. The summed E-state index contributed by atoms with van der Waals surface area (Å²) < 4.78 is 12.3. The van der Waals surface area contributed by atoms with Gasteiger partial charge in [0, 0.05) is 34.5 Å². The molecule has 0 radical (unpaired) electrons. The van der Waals surface area contributed by atoms with Gasteiger partial charge in [0.2, 0.25) is 0 Å². The van der Waals surface area contributed by atoms with Gasteiger partial charge >= 0.3 is 0 Å². The number of morpholine rings is 1. The topological polar surface area (TPSA) is 37.6 Å². The number of ether oxygens (including phenoxy) is 1. The minimum absolute atomic E-state index is 0.616. The molecule has 4 nitrogen and oxygen atoms in total. The van der Waals surface area contributed by atoms with Crippen molar-refractivity contribution >= 4 is 38.9 Å². The second kappa shape index (κ2) is 8.38. The van der Waals surface area contributed by atoms with Crippen molar-refractivity contribution in [3.8, 4) is 11.3 Å². The molecule has 27 heavy (non-hydrogen) atoms. The number of hydrogen-bond donors (Lipinski definition) is 1. The van der Waals surface area contributed by atoms with Crippen LogP contribution in [0.2, 0.25) is 5.02 Å². The van der Waals surface area contributed by atoms with Crippen LogP contribution in [0, 0.1) is 0 Å². The molecule has 0 bridgehead atoms. The van der Waals surface area contributed by atoms with Crippen LogP contribution in [0.25, 0.3) is 11.3 Å². The number of nitrogens with one attached hydrogen (secondary N) is 1. The maximum Gasteiger partial charge on any atom is 0.135 e. The van der Waals surface area contributed by atoms with E-state index in [1.54, 1.807) is 0 Å². The molecule has 140 valence electrons. The molecule has 0 spiro atoms. The lowest BCUT2D eigenvalue weighted by Crippen LogP contribution is -2.36. The van der Waals surface area contributed by atoms with Gasteiger partial charge in [0.25, 0.3) is 0 Å². The summed E-state index contributed by atoms with van der Waals surface area (Å²) in [7, 11) is 0. The first-order valence-electron chi connectivity index (χ1n) is 8.90. The van der Waals surface area contributed by atoms with Crippen LogP contribution >= 0.6 is 27.5 Å². The summed E-state index contributed by atoms with van der Waals surface area (Å²) >= 11 is 9.73. The lowest BCUT2D eigenvalue weighted by molar-refractivity contribution is 0.122. The van der Waals surface area contributed by atoms with Gasteiger partial charge in [0.15, 0.2) is 0 Å². The van der Waals surface area contributed by atoms with E-state index >= 15 is 0 Å². The van der Waals surface area contributed by atoms with Crippen LogP contribution in [-0.2, 0) is 11.3 Å². The molecule has 1 aromatic heterocycles. The first kappa shape index (κ1) is 18.4. The van der Waals surface area contributed by atoms with Crippen LogP contribution in [-0.4, -0.2) is 26.3 Å². The van der Waals surface area contributed by atoms with Crippen molar-refractivity contribution in [2.45, 2.75) is 6.54 Å². The van der Waals surface area contributed by atoms with E-state index in [1.165, 1.54) is 5.69 Å². The third kappa shape index (κ3) is 4.49. The van der Waals surface area contributed by atoms with Crippen molar-refractivity contribution in [1.82, 2.24) is 0 Å². The number of nitrogens with zero attached hydrogens (tertiary/aromatic N) is 1. The molecule has 6 heteroatoms. The monoisotopic (exact) mass is 446 g/mol. The van der Waals surface area contributed by atoms with Gasteiger partial charge in [-0.15, -0.1) is 0 Å². The second-order valence-electron chi connectivity index (χ2n) is 6.39. The zero-order valence-electron chi connectivity index (χ0n) is 14.8. The Balaban J connectivity index is 1.38. The number of rotatable bonds is 5. The minimum atomic E-state index is 0.616. The van der Waals surface area contributed by atoms with Crippen molar-refractivity contribution in [3.05, 3.63) is 69.9 Å². The lowest BCUT2D eigenvalue weighted by atomic mass is 10.2. The number of benzene rings is 2. The number of halogens is 2. The highest BCUT2D eigenvalue weighted by Crippen LogP contribution is 2.31. The first-order chi connectivity index (χ1) is 13.2. The van der Waals surface area contributed by atoms with Gasteiger partial charge in [-0.2, -0.15) is 0 Å². The molecule has 1 saturated heterocycles.